The van der Waals surface area contributed by atoms with E-state index in [0.717, 1.165) is 0 Å². The van der Waals surface area contributed by atoms with Gasteiger partial charge >= 0.3 is 0 Å². The van der Waals surface area contributed by atoms with Crippen LogP contribution in [0.4, 0.5) is 10.1 Å². The van der Waals surface area contributed by atoms with E-state index in [9.17, 15) is 9.18 Å². The summed E-state index contributed by atoms with van der Waals surface area (Å²) in [5.74, 6) is -0.648. The third kappa shape index (κ3) is 3.57. The molecular weight excluding hydrogens is 301 g/mol. The Hall–Kier alpha value is -1.36. The minimum absolute atomic E-state index is 0.253. The molecule has 0 aromatic heterocycles. The molecule has 1 rings (SSSR count). The first-order chi connectivity index (χ1) is 8.61. The summed E-state index contributed by atoms with van der Waals surface area (Å²) in [7, 11) is 0. The van der Waals surface area contributed by atoms with Gasteiger partial charge in [0.15, 0.2) is 0 Å². The molecule has 3 nitrogen and oxygen atoms in total. The van der Waals surface area contributed by atoms with Crippen LogP contribution in [0, 0.1) is 5.82 Å². The number of amides is 1. The van der Waals surface area contributed by atoms with Crippen LogP contribution in [0.1, 0.15) is 13.8 Å². The van der Waals surface area contributed by atoms with E-state index in [-0.39, 0.29) is 10.4 Å². The van der Waals surface area contributed by atoms with E-state index in [2.05, 4.69) is 15.9 Å². The van der Waals surface area contributed by atoms with Gasteiger partial charge in [0.05, 0.1) is 23.0 Å². The molecule has 5 heteroatoms. The van der Waals surface area contributed by atoms with E-state index < -0.39 is 5.82 Å². The quantitative estimate of drug-likeness (QED) is 0.615. The fourth-order valence-corrected chi connectivity index (χ4v) is 1.92. The maximum atomic E-state index is 13.4. The molecule has 1 aromatic rings. The van der Waals surface area contributed by atoms with Crippen molar-refractivity contribution in [2.75, 3.05) is 18.1 Å². The van der Waals surface area contributed by atoms with Crippen molar-refractivity contribution in [2.24, 2.45) is 0 Å². The second-order valence-corrected chi connectivity index (χ2v) is 4.21. The molecule has 0 radical (unpaired) electrons. The predicted molar refractivity (Wildman–Crippen MR) is 72.9 cm³/mol. The Bertz CT molecular complexity index is 449. The maximum Gasteiger partial charge on any atom is 0.254 e. The van der Waals surface area contributed by atoms with E-state index in [4.69, 9.17) is 4.74 Å². The lowest BCUT2D eigenvalue weighted by Crippen LogP contribution is -2.29. The molecule has 98 valence electrons. The fraction of sp³-hybridized carbons (Fsp3) is 0.308. The average molecular weight is 316 g/mol. The van der Waals surface area contributed by atoms with E-state index in [0.29, 0.717) is 18.8 Å². The summed E-state index contributed by atoms with van der Waals surface area (Å²) in [6.45, 7) is 4.59. The average Bonchev–Trinajstić information content (AvgIpc) is 2.36. The van der Waals surface area contributed by atoms with Gasteiger partial charge in [-0.2, -0.15) is 0 Å². The van der Waals surface area contributed by atoms with Crippen LogP contribution in [-0.2, 0) is 9.53 Å². The van der Waals surface area contributed by atoms with Crippen LogP contribution in [-0.4, -0.2) is 19.1 Å². The Labute approximate surface area is 114 Å². The number of hydrogen-bond acceptors (Lipinski definition) is 2. The first kappa shape index (κ1) is 14.7. The standard InChI is InChI=1S/C13H15BrFNO2/c1-3-16(12(17)8-9-18-4-2)11-7-5-6-10(15)13(11)14/h5-9H,3-4H2,1-2H3/b9-8+. The van der Waals surface area contributed by atoms with Crippen molar-refractivity contribution in [3.63, 3.8) is 0 Å². The summed E-state index contributed by atoms with van der Waals surface area (Å²) >= 11 is 3.15. The smallest absolute Gasteiger partial charge is 0.254 e. The lowest BCUT2D eigenvalue weighted by atomic mass is 10.2. The van der Waals surface area contributed by atoms with Gasteiger partial charge in [0.1, 0.15) is 5.82 Å². The van der Waals surface area contributed by atoms with Crippen molar-refractivity contribution >= 4 is 27.5 Å². The largest absolute Gasteiger partial charge is 0.501 e. The molecule has 0 heterocycles. The molecule has 0 aliphatic heterocycles. The number of carbonyl (C=O) groups excluding carboxylic acids is 1. The zero-order valence-corrected chi connectivity index (χ0v) is 11.9. The van der Waals surface area contributed by atoms with Gasteiger partial charge in [-0.25, -0.2) is 4.39 Å². The first-order valence-corrected chi connectivity index (χ1v) is 6.44. The number of carbonyl (C=O) groups is 1. The highest BCUT2D eigenvalue weighted by atomic mass is 79.9. The zero-order valence-electron chi connectivity index (χ0n) is 10.3. The van der Waals surface area contributed by atoms with Crippen LogP contribution in [0.15, 0.2) is 35.0 Å². The number of nitrogens with zero attached hydrogens (tertiary/aromatic N) is 1. The van der Waals surface area contributed by atoms with Gasteiger partial charge in [-0.15, -0.1) is 0 Å². The van der Waals surface area contributed by atoms with Crippen molar-refractivity contribution in [1.82, 2.24) is 0 Å². The van der Waals surface area contributed by atoms with E-state index in [1.165, 1.54) is 23.3 Å². The first-order valence-electron chi connectivity index (χ1n) is 5.65. The number of halogens is 2. The molecule has 18 heavy (non-hydrogen) atoms. The minimum Gasteiger partial charge on any atom is -0.501 e. The van der Waals surface area contributed by atoms with Gasteiger partial charge in [-0.3, -0.25) is 4.79 Å². The SMILES string of the molecule is CCO/C=C/C(=O)N(CC)c1cccc(F)c1Br. The molecule has 0 bridgehead atoms. The second kappa shape index (κ2) is 7.16. The molecule has 1 aromatic carbocycles. The number of rotatable bonds is 5. The highest BCUT2D eigenvalue weighted by molar-refractivity contribution is 9.10. The van der Waals surface area contributed by atoms with Crippen molar-refractivity contribution in [3.05, 3.63) is 40.8 Å². The Kier molecular flexibility index (Phi) is 5.85. The van der Waals surface area contributed by atoms with Gasteiger partial charge in [-0.05, 0) is 41.9 Å². The number of ether oxygens (including phenoxy) is 1. The number of anilines is 1. The molecule has 0 saturated heterocycles. The van der Waals surface area contributed by atoms with Crippen LogP contribution < -0.4 is 4.90 Å². The molecule has 0 aliphatic carbocycles. The fourth-order valence-electron chi connectivity index (χ4n) is 1.44. The molecule has 0 aliphatic rings. The Morgan fingerprint density at radius 3 is 2.83 bits per heavy atom. The molecular formula is C13H15BrFNO2. The summed E-state index contributed by atoms with van der Waals surface area (Å²) in [5, 5.41) is 0. The molecule has 0 spiro atoms. The van der Waals surface area contributed by atoms with E-state index in [1.807, 2.05) is 13.8 Å². The number of hydrogen-bond donors (Lipinski definition) is 0. The molecule has 0 unspecified atom stereocenters. The third-order valence-electron chi connectivity index (χ3n) is 2.28. The number of likely N-dealkylation sites (N-methyl/N-ethyl adjacent to an activating group) is 1. The maximum absolute atomic E-state index is 13.4. The second-order valence-electron chi connectivity index (χ2n) is 3.41. The van der Waals surface area contributed by atoms with E-state index >= 15 is 0 Å². The summed E-state index contributed by atoms with van der Waals surface area (Å²) in [6.07, 6.45) is 2.67. The van der Waals surface area contributed by atoms with Crippen LogP contribution in [0.25, 0.3) is 0 Å². The minimum atomic E-state index is -0.396. The number of benzene rings is 1. The van der Waals surface area contributed by atoms with E-state index in [1.54, 1.807) is 12.1 Å². The van der Waals surface area contributed by atoms with Crippen LogP contribution in [0.3, 0.4) is 0 Å². The summed E-state index contributed by atoms with van der Waals surface area (Å²) in [6, 6.07) is 4.59. The van der Waals surface area contributed by atoms with Crippen molar-refractivity contribution in [1.29, 1.82) is 0 Å². The Morgan fingerprint density at radius 2 is 2.22 bits per heavy atom. The van der Waals surface area contributed by atoms with Crippen molar-refractivity contribution in [3.8, 4) is 0 Å². The van der Waals surface area contributed by atoms with Crippen LogP contribution in [0.2, 0.25) is 0 Å². The lowest BCUT2D eigenvalue weighted by molar-refractivity contribution is -0.114. The van der Waals surface area contributed by atoms with Gasteiger partial charge in [0, 0.05) is 12.6 Å². The summed E-state index contributed by atoms with van der Waals surface area (Å²) in [5.41, 5.74) is 0.503. The molecule has 0 N–H and O–H groups in total. The Morgan fingerprint density at radius 1 is 1.50 bits per heavy atom. The normalized spacial score (nSPS) is 10.7. The molecule has 0 saturated carbocycles. The van der Waals surface area contributed by atoms with Crippen LogP contribution >= 0.6 is 15.9 Å². The Balaban J connectivity index is 2.95. The van der Waals surface area contributed by atoms with Gasteiger partial charge in [0.2, 0.25) is 0 Å². The lowest BCUT2D eigenvalue weighted by Gasteiger charge is -2.20. The van der Waals surface area contributed by atoms with Gasteiger partial charge < -0.3 is 9.64 Å². The topological polar surface area (TPSA) is 29.5 Å². The monoisotopic (exact) mass is 315 g/mol. The highest BCUT2D eigenvalue weighted by Gasteiger charge is 2.16. The van der Waals surface area contributed by atoms with Gasteiger partial charge in [0.25, 0.3) is 5.91 Å². The predicted octanol–water partition coefficient (Wildman–Crippen LogP) is 3.49. The molecule has 0 fully saturated rings. The molecule has 1 amide bonds. The van der Waals surface area contributed by atoms with Crippen molar-refractivity contribution < 1.29 is 13.9 Å². The van der Waals surface area contributed by atoms with Gasteiger partial charge in [-0.1, -0.05) is 6.07 Å². The summed E-state index contributed by atoms with van der Waals surface area (Å²) in [4.78, 5) is 13.4. The zero-order chi connectivity index (χ0) is 13.5. The summed E-state index contributed by atoms with van der Waals surface area (Å²) < 4.78 is 18.7. The highest BCUT2D eigenvalue weighted by Crippen LogP contribution is 2.28. The molecule has 0 atom stereocenters. The van der Waals surface area contributed by atoms with Crippen LogP contribution in [0.5, 0.6) is 0 Å². The van der Waals surface area contributed by atoms with Crippen molar-refractivity contribution in [2.45, 2.75) is 13.8 Å². The third-order valence-corrected chi connectivity index (χ3v) is 3.06.